The Morgan fingerprint density at radius 3 is 2.43 bits per heavy atom. The number of benzene rings is 1. The van der Waals surface area contributed by atoms with Gasteiger partial charge in [0.2, 0.25) is 11.8 Å². The van der Waals surface area contributed by atoms with Gasteiger partial charge in [0.05, 0.1) is 25.0 Å². The second-order valence-electron chi connectivity index (χ2n) is 7.87. The van der Waals surface area contributed by atoms with Crippen LogP contribution in [0.25, 0.3) is 0 Å². The van der Waals surface area contributed by atoms with Gasteiger partial charge in [-0.3, -0.25) is 9.59 Å². The third kappa shape index (κ3) is 4.22. The summed E-state index contributed by atoms with van der Waals surface area (Å²) in [6.45, 7) is 4.19. The number of nitrogens with zero attached hydrogens (tertiary/aromatic N) is 2. The average Bonchev–Trinajstić information content (AvgIpc) is 3.23. The summed E-state index contributed by atoms with van der Waals surface area (Å²) in [5, 5.41) is 3.23. The fraction of sp³-hybridized carbons (Fsp3) is 0.545. The summed E-state index contributed by atoms with van der Waals surface area (Å²) in [6.07, 6.45) is 6.31. The molecule has 0 spiro atoms. The molecule has 4 rings (SSSR count). The average molecular weight is 383 g/mol. The number of carbonyl (C=O) groups excluding carboxylic acids is 2. The van der Waals surface area contributed by atoms with Gasteiger partial charge in [-0.1, -0.05) is 30.4 Å². The van der Waals surface area contributed by atoms with Crippen LogP contribution in [0.5, 0.6) is 0 Å². The van der Waals surface area contributed by atoms with Crippen molar-refractivity contribution in [2.24, 2.45) is 11.8 Å². The lowest BCUT2D eigenvalue weighted by atomic mass is 9.81. The van der Waals surface area contributed by atoms with Gasteiger partial charge in [0.15, 0.2) is 0 Å². The first-order valence-corrected chi connectivity index (χ1v) is 10.3. The Morgan fingerprint density at radius 2 is 1.68 bits per heavy atom. The van der Waals surface area contributed by atoms with E-state index in [0.29, 0.717) is 39.1 Å². The first-order chi connectivity index (χ1) is 13.7. The number of hydrogen-bond donors (Lipinski definition) is 1. The highest BCUT2D eigenvalue weighted by molar-refractivity contribution is 5.88. The van der Waals surface area contributed by atoms with Crippen molar-refractivity contribution >= 4 is 17.5 Å². The molecule has 1 aromatic carbocycles. The monoisotopic (exact) mass is 383 g/mol. The van der Waals surface area contributed by atoms with Crippen LogP contribution >= 0.6 is 0 Å². The van der Waals surface area contributed by atoms with Crippen LogP contribution in [0.1, 0.15) is 19.3 Å². The van der Waals surface area contributed by atoms with E-state index in [1.165, 1.54) is 5.69 Å². The van der Waals surface area contributed by atoms with Gasteiger partial charge in [-0.15, -0.1) is 0 Å². The highest BCUT2D eigenvalue weighted by atomic mass is 16.5. The highest BCUT2D eigenvalue weighted by Crippen LogP contribution is 2.29. The quantitative estimate of drug-likeness (QED) is 0.806. The van der Waals surface area contributed by atoms with Crippen LogP contribution in [0.3, 0.4) is 0 Å². The molecular weight excluding hydrogens is 354 g/mol. The second-order valence-corrected chi connectivity index (χ2v) is 7.87. The normalized spacial score (nSPS) is 27.6. The van der Waals surface area contributed by atoms with E-state index in [1.54, 1.807) is 0 Å². The van der Waals surface area contributed by atoms with Gasteiger partial charge in [-0.05, 0) is 31.4 Å². The van der Waals surface area contributed by atoms with Crippen molar-refractivity contribution in [2.45, 2.75) is 25.3 Å². The number of ether oxygens (including phenoxy) is 1. The molecule has 0 radical (unpaired) electrons. The lowest BCUT2D eigenvalue weighted by molar-refractivity contribution is -0.145. The lowest BCUT2D eigenvalue weighted by Crippen LogP contribution is -2.49. The number of anilines is 1. The Hall–Kier alpha value is -2.34. The molecule has 3 aliphatic rings. The minimum absolute atomic E-state index is 0.0240. The minimum Gasteiger partial charge on any atom is -0.378 e. The van der Waals surface area contributed by atoms with E-state index in [9.17, 15) is 9.59 Å². The van der Waals surface area contributed by atoms with Gasteiger partial charge in [0, 0.05) is 37.9 Å². The third-order valence-electron chi connectivity index (χ3n) is 6.07. The number of rotatable bonds is 4. The Balaban J connectivity index is 1.36. The van der Waals surface area contributed by atoms with E-state index in [1.807, 2.05) is 35.3 Å². The minimum atomic E-state index is -0.272. The van der Waals surface area contributed by atoms with Crippen molar-refractivity contribution in [3.8, 4) is 0 Å². The predicted molar refractivity (Wildman–Crippen MR) is 108 cm³/mol. The van der Waals surface area contributed by atoms with Crippen LogP contribution < -0.4 is 10.2 Å². The Bertz CT molecular complexity index is 715. The summed E-state index contributed by atoms with van der Waals surface area (Å²) in [5.41, 5.74) is 1.19. The standard InChI is InChI=1S/C22H29N3O3/c26-21(23-17-10-11-25(16-17)18-6-2-1-3-7-18)19-8-4-5-9-20(19)22(27)24-12-14-28-15-13-24/h1-7,17,19-20H,8-16H2,(H,23,26)/t17-,19-,20+/m1/s1. The number of hydrogen-bond acceptors (Lipinski definition) is 4. The fourth-order valence-corrected chi connectivity index (χ4v) is 4.45. The Kier molecular flexibility index (Phi) is 5.95. The van der Waals surface area contributed by atoms with Gasteiger partial charge >= 0.3 is 0 Å². The van der Waals surface area contributed by atoms with Crippen LogP contribution in [0.4, 0.5) is 5.69 Å². The number of allylic oxidation sites excluding steroid dienone is 2. The first-order valence-electron chi connectivity index (χ1n) is 10.3. The van der Waals surface area contributed by atoms with Crippen LogP contribution in [-0.4, -0.2) is 62.1 Å². The van der Waals surface area contributed by atoms with Gasteiger partial charge in [-0.2, -0.15) is 0 Å². The highest BCUT2D eigenvalue weighted by Gasteiger charge is 2.38. The number of carbonyl (C=O) groups is 2. The van der Waals surface area contributed by atoms with Crippen LogP contribution in [-0.2, 0) is 14.3 Å². The lowest BCUT2D eigenvalue weighted by Gasteiger charge is -2.34. The van der Waals surface area contributed by atoms with Crippen molar-refractivity contribution in [3.63, 3.8) is 0 Å². The van der Waals surface area contributed by atoms with Crippen molar-refractivity contribution < 1.29 is 14.3 Å². The molecule has 6 nitrogen and oxygen atoms in total. The zero-order valence-electron chi connectivity index (χ0n) is 16.3. The summed E-state index contributed by atoms with van der Waals surface area (Å²) in [4.78, 5) is 30.2. The van der Waals surface area contributed by atoms with Crippen LogP contribution in [0, 0.1) is 11.8 Å². The molecule has 0 bridgehead atoms. The third-order valence-corrected chi connectivity index (χ3v) is 6.07. The van der Waals surface area contributed by atoms with E-state index < -0.39 is 0 Å². The molecule has 0 unspecified atom stereocenters. The number of nitrogens with one attached hydrogen (secondary N) is 1. The summed E-state index contributed by atoms with van der Waals surface area (Å²) in [5.74, 6) is -0.401. The molecule has 2 amide bonds. The van der Waals surface area contributed by atoms with E-state index in [4.69, 9.17) is 4.74 Å². The molecule has 0 aromatic heterocycles. The molecule has 0 saturated carbocycles. The topological polar surface area (TPSA) is 61.9 Å². The number of morpholine rings is 1. The van der Waals surface area contributed by atoms with Crippen molar-refractivity contribution in [2.75, 3.05) is 44.3 Å². The number of para-hydroxylation sites is 1. The predicted octanol–water partition coefficient (Wildman–Crippen LogP) is 1.82. The molecule has 2 fully saturated rings. The van der Waals surface area contributed by atoms with Crippen LogP contribution in [0.15, 0.2) is 42.5 Å². The summed E-state index contributed by atoms with van der Waals surface area (Å²) >= 11 is 0. The van der Waals surface area contributed by atoms with Gasteiger partial charge in [0.25, 0.3) is 0 Å². The number of amides is 2. The van der Waals surface area contributed by atoms with Crippen molar-refractivity contribution in [3.05, 3.63) is 42.5 Å². The fourth-order valence-electron chi connectivity index (χ4n) is 4.45. The van der Waals surface area contributed by atoms with E-state index in [-0.39, 0.29) is 29.7 Å². The maximum atomic E-state index is 13.0. The Labute approximate surface area is 166 Å². The summed E-state index contributed by atoms with van der Waals surface area (Å²) in [6, 6.07) is 10.4. The molecule has 150 valence electrons. The summed E-state index contributed by atoms with van der Waals surface area (Å²) in [7, 11) is 0. The molecule has 28 heavy (non-hydrogen) atoms. The zero-order valence-corrected chi connectivity index (χ0v) is 16.3. The molecule has 2 saturated heterocycles. The van der Waals surface area contributed by atoms with E-state index in [0.717, 1.165) is 19.5 Å². The maximum Gasteiger partial charge on any atom is 0.226 e. The molecule has 1 aliphatic carbocycles. The molecule has 2 aliphatic heterocycles. The Morgan fingerprint density at radius 1 is 0.964 bits per heavy atom. The van der Waals surface area contributed by atoms with Crippen molar-refractivity contribution in [1.29, 1.82) is 0 Å². The molecule has 3 atom stereocenters. The van der Waals surface area contributed by atoms with Gasteiger partial charge < -0.3 is 19.9 Å². The molecular formula is C22H29N3O3. The van der Waals surface area contributed by atoms with Gasteiger partial charge in [-0.25, -0.2) is 0 Å². The maximum absolute atomic E-state index is 13.0. The first kappa shape index (κ1) is 19.0. The van der Waals surface area contributed by atoms with E-state index in [2.05, 4.69) is 22.3 Å². The van der Waals surface area contributed by atoms with Crippen LogP contribution in [0.2, 0.25) is 0 Å². The largest absolute Gasteiger partial charge is 0.378 e. The SMILES string of the molecule is O=C(N[C@@H]1CCN(c2ccccc2)C1)[C@@H]1CC=CC[C@@H]1C(=O)N1CCOCC1. The zero-order chi connectivity index (χ0) is 19.3. The van der Waals surface area contributed by atoms with Gasteiger partial charge in [0.1, 0.15) is 0 Å². The molecule has 2 heterocycles. The smallest absolute Gasteiger partial charge is 0.226 e. The van der Waals surface area contributed by atoms with E-state index >= 15 is 0 Å². The van der Waals surface area contributed by atoms with Crippen molar-refractivity contribution in [1.82, 2.24) is 10.2 Å². The molecule has 6 heteroatoms. The summed E-state index contributed by atoms with van der Waals surface area (Å²) < 4.78 is 5.35. The molecule has 1 aromatic rings. The molecule has 1 N–H and O–H groups in total. The second kappa shape index (κ2) is 8.78.